The van der Waals surface area contributed by atoms with Crippen molar-refractivity contribution in [2.24, 2.45) is 5.41 Å². The van der Waals surface area contributed by atoms with E-state index >= 15 is 0 Å². The van der Waals surface area contributed by atoms with E-state index in [1.165, 1.54) is 12.8 Å². The molecule has 2 aliphatic rings. The van der Waals surface area contributed by atoms with E-state index in [2.05, 4.69) is 18.7 Å². The summed E-state index contributed by atoms with van der Waals surface area (Å²) in [5, 5.41) is 0. The predicted octanol–water partition coefficient (Wildman–Crippen LogP) is 2.61. The monoisotopic (exact) mass is 283 g/mol. The molecule has 0 amide bonds. The molecule has 0 unspecified atom stereocenters. The van der Waals surface area contributed by atoms with E-state index in [0.717, 1.165) is 39.0 Å². The Kier molecular flexibility index (Phi) is 5.08. The second kappa shape index (κ2) is 6.44. The van der Waals surface area contributed by atoms with Gasteiger partial charge in [-0.2, -0.15) is 0 Å². The number of nitrogens with zero attached hydrogens (tertiary/aromatic N) is 1. The molecular weight excluding hydrogens is 254 g/mol. The summed E-state index contributed by atoms with van der Waals surface area (Å²) < 4.78 is 11.1. The van der Waals surface area contributed by atoms with E-state index < -0.39 is 0 Å². The maximum absolute atomic E-state index is 11.7. The van der Waals surface area contributed by atoms with E-state index in [4.69, 9.17) is 9.47 Å². The van der Waals surface area contributed by atoms with Crippen LogP contribution in [0.4, 0.5) is 0 Å². The molecule has 116 valence electrons. The lowest BCUT2D eigenvalue weighted by Gasteiger charge is -2.50. The van der Waals surface area contributed by atoms with Crippen molar-refractivity contribution < 1.29 is 14.3 Å². The third-order valence-corrected chi connectivity index (χ3v) is 4.98. The summed E-state index contributed by atoms with van der Waals surface area (Å²) >= 11 is 0. The minimum atomic E-state index is -0.0881. The lowest BCUT2D eigenvalue weighted by Crippen LogP contribution is -2.52. The Hall–Kier alpha value is -0.610. The molecule has 2 aliphatic heterocycles. The number of likely N-dealkylation sites (tertiary alicyclic amines) is 1. The molecule has 2 atom stereocenters. The van der Waals surface area contributed by atoms with Gasteiger partial charge in [0.05, 0.1) is 18.8 Å². The molecule has 1 spiro atoms. The molecule has 0 aromatic heterocycles. The van der Waals surface area contributed by atoms with Gasteiger partial charge in [0.25, 0.3) is 0 Å². The zero-order valence-corrected chi connectivity index (χ0v) is 13.2. The summed E-state index contributed by atoms with van der Waals surface area (Å²) in [4.78, 5) is 14.0. The Morgan fingerprint density at radius 3 is 2.85 bits per heavy atom. The van der Waals surface area contributed by atoms with Crippen molar-refractivity contribution in [2.75, 3.05) is 32.8 Å². The van der Waals surface area contributed by atoms with Gasteiger partial charge >= 0.3 is 5.97 Å². The van der Waals surface area contributed by atoms with Gasteiger partial charge in [0.1, 0.15) is 0 Å². The first kappa shape index (κ1) is 15.8. The van der Waals surface area contributed by atoms with Crippen molar-refractivity contribution in [2.45, 2.75) is 58.5 Å². The normalized spacial score (nSPS) is 35.1. The van der Waals surface area contributed by atoms with Crippen LogP contribution in [0.25, 0.3) is 0 Å². The second-order valence-corrected chi connectivity index (χ2v) is 6.70. The molecule has 2 saturated heterocycles. The van der Waals surface area contributed by atoms with E-state index in [1.807, 2.05) is 6.92 Å². The molecule has 2 heterocycles. The molecule has 0 aromatic rings. The van der Waals surface area contributed by atoms with Crippen molar-refractivity contribution >= 4 is 5.97 Å². The van der Waals surface area contributed by atoms with Crippen LogP contribution in [0.3, 0.4) is 0 Å². The second-order valence-electron chi connectivity index (χ2n) is 6.70. The Morgan fingerprint density at radius 1 is 1.35 bits per heavy atom. The molecule has 4 nitrogen and oxygen atoms in total. The van der Waals surface area contributed by atoms with E-state index in [1.54, 1.807) is 0 Å². The first-order valence-electron chi connectivity index (χ1n) is 8.03. The number of rotatable bonds is 4. The third kappa shape index (κ3) is 3.73. The third-order valence-electron chi connectivity index (χ3n) is 4.98. The van der Waals surface area contributed by atoms with Gasteiger partial charge in [-0.3, -0.25) is 9.69 Å². The van der Waals surface area contributed by atoms with Crippen LogP contribution >= 0.6 is 0 Å². The van der Waals surface area contributed by atoms with Crippen LogP contribution in [0, 0.1) is 5.41 Å². The summed E-state index contributed by atoms with van der Waals surface area (Å²) in [6, 6.07) is 0. The predicted molar refractivity (Wildman–Crippen MR) is 78.6 cm³/mol. The molecule has 2 rings (SSSR count). The van der Waals surface area contributed by atoms with Crippen molar-refractivity contribution in [1.29, 1.82) is 0 Å². The fourth-order valence-electron chi connectivity index (χ4n) is 3.86. The van der Waals surface area contributed by atoms with E-state index in [9.17, 15) is 4.79 Å². The minimum absolute atomic E-state index is 0.0190. The van der Waals surface area contributed by atoms with Gasteiger partial charge in [-0.05, 0) is 57.9 Å². The Bertz CT molecular complexity index is 343. The van der Waals surface area contributed by atoms with Crippen LogP contribution in [-0.4, -0.2) is 49.3 Å². The Morgan fingerprint density at radius 2 is 2.15 bits per heavy atom. The van der Waals surface area contributed by atoms with Gasteiger partial charge in [0, 0.05) is 13.2 Å². The average Bonchev–Trinajstić information content (AvgIpc) is 2.39. The Balaban J connectivity index is 1.96. The van der Waals surface area contributed by atoms with Gasteiger partial charge in [0.2, 0.25) is 0 Å². The summed E-state index contributed by atoms with van der Waals surface area (Å²) in [7, 11) is 0. The number of carbonyl (C=O) groups excluding carboxylic acids is 1. The summed E-state index contributed by atoms with van der Waals surface area (Å²) in [6.07, 6.45) is 5.76. The highest BCUT2D eigenvalue weighted by atomic mass is 16.5. The topological polar surface area (TPSA) is 38.8 Å². The van der Waals surface area contributed by atoms with Gasteiger partial charge in [-0.25, -0.2) is 0 Å². The zero-order chi connectivity index (χ0) is 14.6. The van der Waals surface area contributed by atoms with E-state index in [-0.39, 0.29) is 11.6 Å². The zero-order valence-electron chi connectivity index (χ0n) is 13.2. The van der Waals surface area contributed by atoms with Gasteiger partial charge in [-0.15, -0.1) is 0 Å². The van der Waals surface area contributed by atoms with Crippen LogP contribution in [-0.2, 0) is 14.3 Å². The van der Waals surface area contributed by atoms with Crippen LogP contribution in [0.1, 0.15) is 52.9 Å². The van der Waals surface area contributed by atoms with Crippen molar-refractivity contribution in [3.8, 4) is 0 Å². The van der Waals surface area contributed by atoms with E-state index in [0.29, 0.717) is 18.6 Å². The summed E-state index contributed by atoms with van der Waals surface area (Å²) in [5.41, 5.74) is 0.360. The number of hydrogen-bond acceptors (Lipinski definition) is 4. The first-order chi connectivity index (χ1) is 9.51. The van der Waals surface area contributed by atoms with Crippen LogP contribution in [0.5, 0.6) is 0 Å². The molecule has 0 bridgehead atoms. The number of hydrogen-bond donors (Lipinski definition) is 0. The molecule has 0 saturated carbocycles. The lowest BCUT2D eigenvalue weighted by atomic mass is 9.68. The number of esters is 1. The lowest BCUT2D eigenvalue weighted by molar-refractivity contribution is -0.149. The SMILES string of the molecule is CCOC(=O)CN1CCC[C@@]2(CCO[C@@](C)(CC)C2)C1. The molecular formula is C16H29NO3. The highest BCUT2D eigenvalue weighted by Crippen LogP contribution is 2.45. The minimum Gasteiger partial charge on any atom is -0.465 e. The van der Waals surface area contributed by atoms with Crippen LogP contribution < -0.4 is 0 Å². The smallest absolute Gasteiger partial charge is 0.320 e. The average molecular weight is 283 g/mol. The quantitative estimate of drug-likeness (QED) is 0.743. The molecule has 4 heteroatoms. The number of piperidine rings is 1. The largest absolute Gasteiger partial charge is 0.465 e. The Labute approximate surface area is 122 Å². The van der Waals surface area contributed by atoms with Gasteiger partial charge < -0.3 is 9.47 Å². The molecule has 0 aromatic carbocycles. The summed E-state index contributed by atoms with van der Waals surface area (Å²) in [5.74, 6) is -0.0881. The van der Waals surface area contributed by atoms with Crippen LogP contribution in [0.15, 0.2) is 0 Å². The summed E-state index contributed by atoms with van der Waals surface area (Å²) in [6.45, 7) is 10.1. The van der Waals surface area contributed by atoms with Gasteiger partial charge in [-0.1, -0.05) is 6.92 Å². The maximum atomic E-state index is 11.7. The number of carbonyl (C=O) groups is 1. The van der Waals surface area contributed by atoms with Crippen LogP contribution in [0.2, 0.25) is 0 Å². The van der Waals surface area contributed by atoms with Gasteiger partial charge in [0.15, 0.2) is 0 Å². The molecule has 20 heavy (non-hydrogen) atoms. The molecule has 2 fully saturated rings. The molecule has 0 radical (unpaired) electrons. The molecule has 0 aliphatic carbocycles. The van der Waals surface area contributed by atoms with Crippen molar-refractivity contribution in [3.63, 3.8) is 0 Å². The highest BCUT2D eigenvalue weighted by molar-refractivity contribution is 5.71. The molecule has 0 N–H and O–H groups in total. The highest BCUT2D eigenvalue weighted by Gasteiger charge is 2.44. The van der Waals surface area contributed by atoms with Crippen molar-refractivity contribution in [3.05, 3.63) is 0 Å². The fourth-order valence-corrected chi connectivity index (χ4v) is 3.86. The first-order valence-corrected chi connectivity index (χ1v) is 8.03. The maximum Gasteiger partial charge on any atom is 0.320 e. The fraction of sp³-hybridized carbons (Fsp3) is 0.938. The van der Waals surface area contributed by atoms with Crippen molar-refractivity contribution in [1.82, 2.24) is 4.90 Å². The standard InChI is InChI=1S/C16H29NO3/c1-4-15(3)12-16(8-10-20-15)7-6-9-17(13-16)11-14(18)19-5-2/h4-13H2,1-3H3/t15-,16-/m0/s1. The number of ether oxygens (including phenoxy) is 2.